The first-order valence-corrected chi connectivity index (χ1v) is 11.3. The van der Waals surface area contributed by atoms with E-state index in [0.717, 1.165) is 44.0 Å². The average Bonchev–Trinajstić information content (AvgIpc) is 2.77. The summed E-state index contributed by atoms with van der Waals surface area (Å²) in [5.41, 5.74) is 1.74. The second kappa shape index (κ2) is 9.19. The van der Waals surface area contributed by atoms with Gasteiger partial charge in [-0.3, -0.25) is 9.69 Å². The van der Waals surface area contributed by atoms with Crippen molar-refractivity contribution in [3.63, 3.8) is 0 Å². The number of morpholine rings is 1. The SMILES string of the molecule is COc1cc2c(cc1OCCN1CCOCC1)CC(C(C)(C)C)n1cc(C(=O)O)c(=O)cc1-2. The number of benzene rings is 1. The van der Waals surface area contributed by atoms with Crippen LogP contribution in [-0.4, -0.2) is 67.1 Å². The van der Waals surface area contributed by atoms with Crippen molar-refractivity contribution in [1.29, 1.82) is 0 Å². The summed E-state index contributed by atoms with van der Waals surface area (Å²) < 4.78 is 19.1. The number of ether oxygens (including phenoxy) is 3. The monoisotopic (exact) mass is 456 g/mol. The number of aromatic carboxylic acids is 1. The van der Waals surface area contributed by atoms with Gasteiger partial charge < -0.3 is 23.9 Å². The molecule has 178 valence electrons. The number of methoxy groups -OCH3 is 1. The third kappa shape index (κ3) is 4.77. The van der Waals surface area contributed by atoms with Crippen molar-refractivity contribution >= 4 is 5.97 Å². The number of hydrogen-bond acceptors (Lipinski definition) is 6. The zero-order valence-electron chi connectivity index (χ0n) is 19.7. The highest BCUT2D eigenvalue weighted by atomic mass is 16.5. The first-order valence-electron chi connectivity index (χ1n) is 11.3. The molecule has 1 atom stereocenters. The van der Waals surface area contributed by atoms with Gasteiger partial charge in [0.15, 0.2) is 16.9 Å². The molecule has 1 aromatic carbocycles. The molecule has 0 amide bonds. The van der Waals surface area contributed by atoms with E-state index in [9.17, 15) is 14.7 Å². The molecule has 2 aromatic rings. The van der Waals surface area contributed by atoms with Gasteiger partial charge in [0, 0.05) is 43.5 Å². The van der Waals surface area contributed by atoms with Crippen LogP contribution in [0.4, 0.5) is 0 Å². The normalized spacial score (nSPS) is 18.4. The Morgan fingerprint density at radius 3 is 2.55 bits per heavy atom. The summed E-state index contributed by atoms with van der Waals surface area (Å²) in [6.07, 6.45) is 2.18. The highest BCUT2D eigenvalue weighted by Gasteiger charge is 2.34. The van der Waals surface area contributed by atoms with E-state index in [2.05, 4.69) is 25.7 Å². The molecule has 0 bridgehead atoms. The van der Waals surface area contributed by atoms with Crippen LogP contribution in [0.3, 0.4) is 0 Å². The predicted molar refractivity (Wildman–Crippen MR) is 125 cm³/mol. The maximum absolute atomic E-state index is 12.5. The van der Waals surface area contributed by atoms with Crippen molar-refractivity contribution in [2.45, 2.75) is 33.2 Å². The molecule has 0 aliphatic carbocycles. The minimum absolute atomic E-state index is 0.0201. The Balaban J connectivity index is 1.71. The second-order valence-corrected chi connectivity index (χ2v) is 9.70. The second-order valence-electron chi connectivity index (χ2n) is 9.70. The van der Waals surface area contributed by atoms with Gasteiger partial charge in [-0.1, -0.05) is 20.8 Å². The highest BCUT2D eigenvalue weighted by Crippen LogP contribution is 2.45. The Bertz CT molecular complexity index is 1100. The fourth-order valence-corrected chi connectivity index (χ4v) is 4.61. The number of aromatic nitrogens is 1. The maximum atomic E-state index is 12.5. The van der Waals surface area contributed by atoms with Gasteiger partial charge in [-0.2, -0.15) is 0 Å². The largest absolute Gasteiger partial charge is 0.493 e. The fraction of sp³-hybridized carbons (Fsp3) is 0.520. The third-order valence-electron chi connectivity index (χ3n) is 6.49. The number of nitrogens with zero attached hydrogens (tertiary/aromatic N) is 2. The molecule has 33 heavy (non-hydrogen) atoms. The zero-order chi connectivity index (χ0) is 23.8. The zero-order valence-corrected chi connectivity index (χ0v) is 19.7. The summed E-state index contributed by atoms with van der Waals surface area (Å²) >= 11 is 0. The summed E-state index contributed by atoms with van der Waals surface area (Å²) in [5, 5.41) is 9.49. The number of pyridine rings is 1. The van der Waals surface area contributed by atoms with Crippen LogP contribution >= 0.6 is 0 Å². The van der Waals surface area contributed by atoms with E-state index in [-0.39, 0.29) is 17.0 Å². The van der Waals surface area contributed by atoms with Crippen LogP contribution in [0.25, 0.3) is 11.3 Å². The van der Waals surface area contributed by atoms with Gasteiger partial charge in [-0.15, -0.1) is 0 Å². The predicted octanol–water partition coefficient (Wildman–Crippen LogP) is 3.08. The molecule has 1 fully saturated rings. The average molecular weight is 457 g/mol. The summed E-state index contributed by atoms with van der Waals surface area (Å²) in [7, 11) is 1.60. The van der Waals surface area contributed by atoms with Crippen LogP contribution in [0.5, 0.6) is 11.5 Å². The van der Waals surface area contributed by atoms with E-state index in [1.54, 1.807) is 7.11 Å². The molecule has 8 heteroatoms. The molecule has 0 spiro atoms. The molecule has 2 aliphatic heterocycles. The first-order chi connectivity index (χ1) is 15.7. The fourth-order valence-electron chi connectivity index (χ4n) is 4.61. The summed E-state index contributed by atoms with van der Waals surface area (Å²) in [6.45, 7) is 11.0. The number of carboxylic acids is 1. The Hall–Kier alpha value is -2.84. The Labute approximate surface area is 193 Å². The Kier molecular flexibility index (Phi) is 6.50. The molecule has 4 rings (SSSR count). The minimum Gasteiger partial charge on any atom is -0.493 e. The van der Waals surface area contributed by atoms with Crippen LogP contribution in [0.1, 0.15) is 42.7 Å². The van der Waals surface area contributed by atoms with Crippen molar-refractivity contribution in [3.8, 4) is 22.8 Å². The molecule has 0 saturated carbocycles. The minimum atomic E-state index is -1.21. The van der Waals surface area contributed by atoms with E-state index in [4.69, 9.17) is 14.2 Å². The molecule has 1 N–H and O–H groups in total. The number of carboxylic acid groups (broad SMARTS) is 1. The smallest absolute Gasteiger partial charge is 0.341 e. The summed E-state index contributed by atoms with van der Waals surface area (Å²) in [6, 6.07) is 5.31. The molecular formula is C25H32N2O6. The number of fused-ring (bicyclic) bond motifs is 3. The van der Waals surface area contributed by atoms with E-state index in [1.165, 1.54) is 12.3 Å². The molecule has 1 unspecified atom stereocenters. The molecule has 8 nitrogen and oxygen atoms in total. The van der Waals surface area contributed by atoms with Crippen LogP contribution in [-0.2, 0) is 11.2 Å². The van der Waals surface area contributed by atoms with Crippen LogP contribution in [0, 0.1) is 5.41 Å². The molecular weight excluding hydrogens is 424 g/mol. The lowest BCUT2D eigenvalue weighted by atomic mass is 9.78. The van der Waals surface area contributed by atoms with Gasteiger partial charge in [0.1, 0.15) is 12.2 Å². The number of rotatable bonds is 6. The molecule has 2 aliphatic rings. The quantitative estimate of drug-likeness (QED) is 0.714. The maximum Gasteiger partial charge on any atom is 0.341 e. The lowest BCUT2D eigenvalue weighted by molar-refractivity contribution is 0.0321. The highest BCUT2D eigenvalue weighted by molar-refractivity contribution is 5.88. The Morgan fingerprint density at radius 1 is 1.18 bits per heavy atom. The number of carbonyl (C=O) groups is 1. The van der Waals surface area contributed by atoms with Gasteiger partial charge in [0.25, 0.3) is 0 Å². The van der Waals surface area contributed by atoms with E-state index in [0.29, 0.717) is 30.2 Å². The Morgan fingerprint density at radius 2 is 1.91 bits per heavy atom. The van der Waals surface area contributed by atoms with Crippen molar-refractivity contribution in [3.05, 3.63) is 45.7 Å². The van der Waals surface area contributed by atoms with Crippen LogP contribution in [0.15, 0.2) is 29.2 Å². The molecule has 1 saturated heterocycles. The molecule has 3 heterocycles. The topological polar surface area (TPSA) is 90.2 Å². The summed E-state index contributed by atoms with van der Waals surface area (Å²) in [5.74, 6) is 0.0525. The lowest BCUT2D eigenvalue weighted by Crippen LogP contribution is -2.38. The lowest BCUT2D eigenvalue weighted by Gasteiger charge is -2.39. The standard InChI is InChI=1S/C25H32N2O6/c1-25(2,3)23-12-16-11-22(33-10-7-26-5-8-32-9-6-26)21(31-4)13-17(16)19-14-20(28)18(24(29)30)15-27(19)23/h11,13-15,23H,5-10,12H2,1-4H3,(H,29,30). The molecule has 1 aromatic heterocycles. The van der Waals surface area contributed by atoms with Crippen molar-refractivity contribution in [1.82, 2.24) is 9.47 Å². The van der Waals surface area contributed by atoms with Crippen molar-refractivity contribution in [2.24, 2.45) is 5.41 Å². The van der Waals surface area contributed by atoms with Crippen molar-refractivity contribution in [2.75, 3.05) is 46.6 Å². The number of hydrogen-bond donors (Lipinski definition) is 1. The van der Waals surface area contributed by atoms with E-state index in [1.807, 2.05) is 16.7 Å². The van der Waals surface area contributed by atoms with Gasteiger partial charge in [0.05, 0.1) is 26.0 Å². The molecule has 0 radical (unpaired) electrons. The van der Waals surface area contributed by atoms with E-state index < -0.39 is 11.4 Å². The third-order valence-corrected chi connectivity index (χ3v) is 6.49. The van der Waals surface area contributed by atoms with Gasteiger partial charge >= 0.3 is 5.97 Å². The van der Waals surface area contributed by atoms with Gasteiger partial charge in [-0.05, 0) is 29.5 Å². The van der Waals surface area contributed by atoms with Crippen molar-refractivity contribution < 1.29 is 24.1 Å². The van der Waals surface area contributed by atoms with Crippen LogP contribution < -0.4 is 14.9 Å². The van der Waals surface area contributed by atoms with Gasteiger partial charge in [0.2, 0.25) is 0 Å². The van der Waals surface area contributed by atoms with Crippen LogP contribution in [0.2, 0.25) is 0 Å². The first kappa shape index (κ1) is 23.3. The van der Waals surface area contributed by atoms with Gasteiger partial charge in [-0.25, -0.2) is 4.79 Å². The summed E-state index contributed by atoms with van der Waals surface area (Å²) in [4.78, 5) is 26.5. The van der Waals surface area contributed by atoms with E-state index >= 15 is 0 Å².